The van der Waals surface area contributed by atoms with Crippen molar-refractivity contribution >= 4 is 34.1 Å². The first-order valence-corrected chi connectivity index (χ1v) is 6.74. The molecule has 8 nitrogen and oxygen atoms in total. The van der Waals surface area contributed by atoms with Crippen molar-refractivity contribution in [2.45, 2.75) is 45.7 Å². The molecule has 0 aromatic carbocycles. The Balaban J connectivity index is 3.59. The number of nitrogens with two attached hydrogens (primary N) is 1. The van der Waals surface area contributed by atoms with Crippen LogP contribution >= 0.6 is 11.3 Å². The molecule has 0 atom stereocenters. The Morgan fingerprint density at radius 2 is 2.09 bits per heavy atom. The van der Waals surface area contributed by atoms with Crippen molar-refractivity contribution in [3.63, 3.8) is 0 Å². The molecule has 9 heteroatoms. The summed E-state index contributed by atoms with van der Waals surface area (Å²) in [5, 5.41) is 13.6. The van der Waals surface area contributed by atoms with Crippen molar-refractivity contribution in [1.29, 1.82) is 0 Å². The summed E-state index contributed by atoms with van der Waals surface area (Å²) >= 11 is 0.862. The molecule has 0 aliphatic heterocycles. The van der Waals surface area contributed by atoms with Gasteiger partial charge < -0.3 is 20.4 Å². The van der Waals surface area contributed by atoms with Crippen molar-refractivity contribution in [2.75, 3.05) is 5.73 Å². The summed E-state index contributed by atoms with van der Waals surface area (Å²) in [6.45, 7) is -3.01. The molecular weight excluding hydrogens is 310 g/mol. The Labute approximate surface area is 140 Å². The van der Waals surface area contributed by atoms with Gasteiger partial charge in [-0.05, 0) is 34.5 Å². The van der Waals surface area contributed by atoms with Gasteiger partial charge in [0.25, 0.3) is 0 Å². The maximum Gasteiger partial charge on any atom is 0.360 e. The van der Waals surface area contributed by atoms with Gasteiger partial charge >= 0.3 is 11.9 Å². The van der Waals surface area contributed by atoms with E-state index in [-0.39, 0.29) is 10.8 Å². The Morgan fingerprint density at radius 3 is 2.50 bits per heavy atom. The first-order valence-electron chi connectivity index (χ1n) is 8.86. The van der Waals surface area contributed by atoms with Crippen LogP contribution in [0.4, 0.5) is 5.13 Å². The topological polar surface area (TPSA) is 124 Å². The normalized spacial score (nSPS) is 18.0. The zero-order valence-corrected chi connectivity index (χ0v) is 12.9. The molecule has 0 spiro atoms. The van der Waals surface area contributed by atoms with Gasteiger partial charge in [-0.3, -0.25) is 0 Å². The summed E-state index contributed by atoms with van der Waals surface area (Å²) in [5.74, 6) is -3.45. The number of anilines is 1. The van der Waals surface area contributed by atoms with Crippen LogP contribution in [0.15, 0.2) is 10.5 Å². The van der Waals surface area contributed by atoms with Crippen molar-refractivity contribution in [3.05, 3.63) is 11.1 Å². The lowest BCUT2D eigenvalue weighted by Gasteiger charge is -2.26. The summed E-state index contributed by atoms with van der Waals surface area (Å²) in [6.07, 6.45) is 0. The number of carbonyl (C=O) groups excluding carboxylic acids is 1. The minimum Gasteiger partial charge on any atom is -0.476 e. The van der Waals surface area contributed by atoms with E-state index in [0.29, 0.717) is 0 Å². The van der Waals surface area contributed by atoms with Gasteiger partial charge in [-0.25, -0.2) is 14.6 Å². The lowest BCUT2D eigenvalue weighted by atomic mass is 10.1. The van der Waals surface area contributed by atoms with Crippen LogP contribution in [0.5, 0.6) is 0 Å². The molecule has 0 saturated heterocycles. The third-order valence-corrected chi connectivity index (χ3v) is 2.60. The molecule has 0 bridgehead atoms. The predicted octanol–water partition coefficient (Wildman–Crippen LogP) is 1.65. The molecule has 0 unspecified atom stereocenters. The summed E-state index contributed by atoms with van der Waals surface area (Å²) in [7, 11) is 0. The number of carbonyl (C=O) groups is 2. The molecule has 22 heavy (non-hydrogen) atoms. The average molecular weight is 335 g/mol. The molecular formula is C13H19N3O5S. The standard InChI is InChI=1S/C13H19N3O5S/c1-12(2,3)20-10(19)13(4,5)21-16-8(9(17)18)7-6-22-11(14)15-7/h6H,1-5H3,(H2,14,15)(H,17,18)/b16-8-/i4D3,5D3. The zero-order valence-electron chi connectivity index (χ0n) is 18.0. The lowest BCUT2D eigenvalue weighted by Crippen LogP contribution is -2.40. The molecule has 0 radical (unpaired) electrons. The van der Waals surface area contributed by atoms with Gasteiger partial charge in [0.2, 0.25) is 11.3 Å². The number of oxime groups is 1. The number of rotatable bonds is 5. The Bertz CT molecular complexity index is 767. The van der Waals surface area contributed by atoms with Crippen LogP contribution in [0.2, 0.25) is 0 Å². The maximum absolute atomic E-state index is 12.6. The van der Waals surface area contributed by atoms with Gasteiger partial charge in [0.15, 0.2) is 5.13 Å². The van der Waals surface area contributed by atoms with E-state index in [4.69, 9.17) is 18.7 Å². The largest absolute Gasteiger partial charge is 0.476 e. The monoisotopic (exact) mass is 335 g/mol. The van der Waals surface area contributed by atoms with E-state index < -0.39 is 42.6 Å². The van der Waals surface area contributed by atoms with Crippen LogP contribution in [-0.2, 0) is 19.2 Å². The Kier molecular flexibility index (Phi) is 3.02. The van der Waals surface area contributed by atoms with Gasteiger partial charge in [0, 0.05) is 13.6 Å². The van der Waals surface area contributed by atoms with Crippen LogP contribution in [0, 0.1) is 0 Å². The van der Waals surface area contributed by atoms with Gasteiger partial charge in [-0.1, -0.05) is 5.16 Å². The fourth-order valence-electron chi connectivity index (χ4n) is 1.09. The number of nitrogen functional groups attached to an aromatic ring is 1. The molecule has 1 heterocycles. The minimum absolute atomic E-state index is 0.0194. The SMILES string of the molecule is [2H]C([2H])([2H])C(O/N=C(\C(=O)O)c1csc(N)n1)(C(=O)OC(C)(C)C)C([2H])([2H])[2H]. The second kappa shape index (κ2) is 6.30. The first kappa shape index (κ1) is 10.5. The van der Waals surface area contributed by atoms with Crippen LogP contribution in [0.1, 0.15) is 48.4 Å². The molecule has 1 aromatic heterocycles. The van der Waals surface area contributed by atoms with E-state index in [9.17, 15) is 14.7 Å². The third-order valence-electron chi connectivity index (χ3n) is 1.93. The number of ether oxygens (including phenoxy) is 1. The molecule has 1 rings (SSSR count). The van der Waals surface area contributed by atoms with Gasteiger partial charge in [-0.2, -0.15) is 0 Å². The highest BCUT2D eigenvalue weighted by Crippen LogP contribution is 2.19. The number of hydrogen-bond donors (Lipinski definition) is 2. The second-order valence-electron chi connectivity index (χ2n) is 5.09. The molecule has 0 aliphatic carbocycles. The molecule has 122 valence electrons. The van der Waals surface area contributed by atoms with Crippen LogP contribution < -0.4 is 5.73 Å². The minimum atomic E-state index is -3.59. The third kappa shape index (κ3) is 4.99. The summed E-state index contributed by atoms with van der Waals surface area (Å²) < 4.78 is 50.5. The fourth-order valence-corrected chi connectivity index (χ4v) is 1.64. The highest BCUT2D eigenvalue weighted by atomic mass is 32.1. The summed E-state index contributed by atoms with van der Waals surface area (Å²) in [6, 6.07) is 0. The molecule has 0 amide bonds. The highest BCUT2D eigenvalue weighted by Gasteiger charge is 2.35. The molecule has 0 fully saturated rings. The summed E-state index contributed by atoms with van der Waals surface area (Å²) in [5.41, 5.74) is -0.651. The van der Waals surface area contributed by atoms with Crippen LogP contribution in [-0.4, -0.2) is 38.9 Å². The van der Waals surface area contributed by atoms with E-state index in [1.54, 1.807) is 0 Å². The van der Waals surface area contributed by atoms with Gasteiger partial charge in [-0.15, -0.1) is 11.3 Å². The number of aliphatic carboxylic acids is 1. The molecule has 1 aromatic rings. The number of aromatic nitrogens is 1. The molecule has 0 aliphatic rings. The van der Waals surface area contributed by atoms with Crippen molar-refractivity contribution in [2.24, 2.45) is 5.16 Å². The lowest BCUT2D eigenvalue weighted by molar-refractivity contribution is -0.179. The zero-order chi connectivity index (χ0) is 22.1. The smallest absolute Gasteiger partial charge is 0.360 e. The number of carboxylic acids is 1. The average Bonchev–Trinajstić information content (AvgIpc) is 2.84. The van der Waals surface area contributed by atoms with E-state index in [1.807, 2.05) is 0 Å². The number of esters is 1. The van der Waals surface area contributed by atoms with Gasteiger partial charge in [0.05, 0.1) is 0 Å². The van der Waals surface area contributed by atoms with E-state index >= 15 is 0 Å². The fraction of sp³-hybridized carbons (Fsp3) is 0.538. The second-order valence-corrected chi connectivity index (χ2v) is 5.98. The predicted molar refractivity (Wildman–Crippen MR) is 81.7 cm³/mol. The number of carboxylic acid groups (broad SMARTS) is 1. The van der Waals surface area contributed by atoms with Crippen molar-refractivity contribution < 1.29 is 32.5 Å². The molecule has 0 saturated carbocycles. The number of thiazole rings is 1. The van der Waals surface area contributed by atoms with Crippen LogP contribution in [0.25, 0.3) is 0 Å². The summed E-state index contributed by atoms with van der Waals surface area (Å²) in [4.78, 5) is 32.4. The quantitative estimate of drug-likeness (QED) is 0.476. The first-order chi connectivity index (χ1) is 12.4. The van der Waals surface area contributed by atoms with E-state index in [2.05, 4.69) is 15.0 Å². The number of hydrogen-bond acceptors (Lipinski definition) is 8. The van der Waals surface area contributed by atoms with Crippen molar-refractivity contribution in [3.8, 4) is 0 Å². The van der Waals surface area contributed by atoms with Gasteiger partial charge in [0.1, 0.15) is 11.3 Å². The maximum atomic E-state index is 12.6. The van der Waals surface area contributed by atoms with Crippen molar-refractivity contribution in [1.82, 2.24) is 4.98 Å². The van der Waals surface area contributed by atoms with E-state index in [1.165, 1.54) is 26.2 Å². The Morgan fingerprint density at radius 1 is 1.45 bits per heavy atom. The Hall–Kier alpha value is -2.16. The van der Waals surface area contributed by atoms with Crippen LogP contribution in [0.3, 0.4) is 0 Å². The van der Waals surface area contributed by atoms with E-state index in [0.717, 1.165) is 11.3 Å². The number of nitrogens with zero attached hydrogens (tertiary/aromatic N) is 2. The molecule has 3 N–H and O–H groups in total. The highest BCUT2D eigenvalue weighted by molar-refractivity contribution is 7.13.